The Balaban J connectivity index is 1.82. The van der Waals surface area contributed by atoms with E-state index in [0.717, 1.165) is 25.9 Å². The number of hydrogen-bond acceptors (Lipinski definition) is 4. The molecule has 1 aromatic carbocycles. The number of anilines is 1. The Morgan fingerprint density at radius 3 is 2.77 bits per heavy atom. The second kappa shape index (κ2) is 8.36. The number of carbonyl (C=O) groups is 1. The Bertz CT molecular complexity index is 502. The second-order valence-corrected chi connectivity index (χ2v) is 6.03. The molecule has 0 radical (unpaired) electrons. The van der Waals surface area contributed by atoms with E-state index in [1.165, 1.54) is 0 Å². The minimum atomic E-state index is -0.174. The predicted octanol–water partition coefficient (Wildman–Crippen LogP) is 2.83. The molecule has 0 aliphatic carbocycles. The number of ether oxygens (including phenoxy) is 2. The van der Waals surface area contributed by atoms with Gasteiger partial charge in [0, 0.05) is 5.69 Å². The number of carbonyl (C=O) groups excluding carboxylic acids is 1. The van der Waals surface area contributed by atoms with Crippen molar-refractivity contribution in [2.75, 3.05) is 25.0 Å². The second-order valence-electron chi connectivity index (χ2n) is 5.62. The molecule has 1 amide bonds. The molecule has 22 heavy (non-hydrogen) atoms. The summed E-state index contributed by atoms with van der Waals surface area (Å²) in [6.07, 6.45) is 2.11. The maximum Gasteiger partial charge on any atom is 0.250 e. The molecule has 1 aromatic rings. The Labute approximate surface area is 136 Å². The highest BCUT2D eigenvalue weighted by Crippen LogP contribution is 2.28. The third-order valence-electron chi connectivity index (χ3n) is 3.31. The van der Waals surface area contributed by atoms with E-state index < -0.39 is 0 Å². The highest BCUT2D eigenvalue weighted by Gasteiger charge is 2.15. The van der Waals surface area contributed by atoms with E-state index in [2.05, 4.69) is 10.6 Å². The molecule has 6 heteroatoms. The molecule has 5 nitrogen and oxygen atoms in total. The molecule has 1 fully saturated rings. The first-order chi connectivity index (χ1) is 10.5. The topological polar surface area (TPSA) is 59.6 Å². The fraction of sp³-hybridized carbons (Fsp3) is 0.562. The van der Waals surface area contributed by atoms with Crippen molar-refractivity contribution in [2.45, 2.75) is 38.9 Å². The van der Waals surface area contributed by atoms with Gasteiger partial charge >= 0.3 is 0 Å². The van der Waals surface area contributed by atoms with Crippen molar-refractivity contribution < 1.29 is 14.3 Å². The fourth-order valence-corrected chi connectivity index (χ4v) is 2.51. The minimum absolute atomic E-state index is 0.0522. The van der Waals surface area contributed by atoms with Gasteiger partial charge in [-0.2, -0.15) is 0 Å². The van der Waals surface area contributed by atoms with Gasteiger partial charge in [-0.05, 0) is 58.0 Å². The Kier molecular flexibility index (Phi) is 6.49. The molecule has 122 valence electrons. The number of amides is 1. The lowest BCUT2D eigenvalue weighted by atomic mass is 10.1. The molecular weight excluding hydrogens is 304 g/mol. The molecule has 1 aliphatic heterocycles. The highest BCUT2D eigenvalue weighted by atomic mass is 35.5. The molecule has 2 N–H and O–H groups in total. The van der Waals surface area contributed by atoms with Gasteiger partial charge in [0.25, 0.3) is 0 Å². The van der Waals surface area contributed by atoms with Crippen molar-refractivity contribution in [1.82, 2.24) is 5.32 Å². The zero-order valence-electron chi connectivity index (χ0n) is 13.0. The Morgan fingerprint density at radius 1 is 1.41 bits per heavy atom. The van der Waals surface area contributed by atoms with Crippen molar-refractivity contribution >= 4 is 23.2 Å². The van der Waals surface area contributed by atoms with E-state index >= 15 is 0 Å². The van der Waals surface area contributed by atoms with Gasteiger partial charge in [0.05, 0.1) is 17.2 Å². The van der Waals surface area contributed by atoms with Crippen LogP contribution >= 0.6 is 11.6 Å². The standard InChI is InChI=1S/C16H23ClN2O3/c1-11(2)22-15-4-3-12(9-14(15)17)19-16(20)10-21-13-5-7-18-8-6-13/h3-4,9,11,13,18H,5-8,10H2,1-2H3,(H,19,20). The first-order valence-corrected chi connectivity index (χ1v) is 8.01. The van der Waals surface area contributed by atoms with Gasteiger partial charge in [0.1, 0.15) is 12.4 Å². The van der Waals surface area contributed by atoms with Gasteiger partial charge < -0.3 is 20.1 Å². The number of nitrogens with one attached hydrogen (secondary N) is 2. The third kappa shape index (κ3) is 5.48. The van der Waals surface area contributed by atoms with E-state index in [-0.39, 0.29) is 24.7 Å². The van der Waals surface area contributed by atoms with Crippen LogP contribution in [-0.2, 0) is 9.53 Å². The van der Waals surface area contributed by atoms with Crippen LogP contribution in [0.5, 0.6) is 5.75 Å². The van der Waals surface area contributed by atoms with Gasteiger partial charge in [-0.15, -0.1) is 0 Å². The molecule has 0 spiro atoms. The van der Waals surface area contributed by atoms with Crippen LogP contribution in [0.25, 0.3) is 0 Å². The number of benzene rings is 1. The average molecular weight is 327 g/mol. The van der Waals surface area contributed by atoms with Crippen LogP contribution in [-0.4, -0.2) is 37.8 Å². The largest absolute Gasteiger partial charge is 0.489 e. The van der Waals surface area contributed by atoms with E-state index in [1.807, 2.05) is 13.8 Å². The van der Waals surface area contributed by atoms with Crippen LogP contribution in [0.15, 0.2) is 18.2 Å². The number of rotatable bonds is 6. The van der Waals surface area contributed by atoms with Crippen LogP contribution < -0.4 is 15.4 Å². The van der Waals surface area contributed by atoms with E-state index in [0.29, 0.717) is 16.5 Å². The molecule has 0 saturated carbocycles. The Morgan fingerprint density at radius 2 is 2.14 bits per heavy atom. The lowest BCUT2D eigenvalue weighted by molar-refractivity contribution is -0.123. The van der Waals surface area contributed by atoms with Crippen molar-refractivity contribution in [2.24, 2.45) is 0 Å². The molecule has 1 aliphatic rings. The summed E-state index contributed by atoms with van der Waals surface area (Å²) in [5.41, 5.74) is 0.639. The van der Waals surface area contributed by atoms with Crippen LogP contribution in [0.1, 0.15) is 26.7 Å². The first-order valence-electron chi connectivity index (χ1n) is 7.63. The van der Waals surface area contributed by atoms with E-state index in [4.69, 9.17) is 21.1 Å². The van der Waals surface area contributed by atoms with Crippen LogP contribution in [0.2, 0.25) is 5.02 Å². The molecule has 1 heterocycles. The average Bonchev–Trinajstić information content (AvgIpc) is 2.49. The van der Waals surface area contributed by atoms with Crippen molar-refractivity contribution in [1.29, 1.82) is 0 Å². The van der Waals surface area contributed by atoms with E-state index in [1.54, 1.807) is 18.2 Å². The van der Waals surface area contributed by atoms with Gasteiger partial charge in [-0.1, -0.05) is 11.6 Å². The summed E-state index contributed by atoms with van der Waals surface area (Å²) in [6.45, 7) is 5.82. The van der Waals surface area contributed by atoms with Crippen LogP contribution in [0, 0.1) is 0 Å². The maximum atomic E-state index is 11.9. The highest BCUT2D eigenvalue weighted by molar-refractivity contribution is 6.32. The Hall–Kier alpha value is -1.30. The quantitative estimate of drug-likeness (QED) is 0.844. The monoisotopic (exact) mass is 326 g/mol. The number of piperidine rings is 1. The predicted molar refractivity (Wildman–Crippen MR) is 87.7 cm³/mol. The molecule has 0 bridgehead atoms. The summed E-state index contributed by atoms with van der Waals surface area (Å²) < 4.78 is 11.2. The molecular formula is C16H23ClN2O3. The van der Waals surface area contributed by atoms with Crippen molar-refractivity contribution in [3.63, 3.8) is 0 Å². The van der Waals surface area contributed by atoms with Crippen molar-refractivity contribution in [3.05, 3.63) is 23.2 Å². The number of halogens is 1. The normalized spacial score (nSPS) is 15.8. The smallest absolute Gasteiger partial charge is 0.250 e. The molecule has 2 rings (SSSR count). The van der Waals surface area contributed by atoms with Gasteiger partial charge in [0.2, 0.25) is 5.91 Å². The molecule has 0 aromatic heterocycles. The maximum absolute atomic E-state index is 11.9. The lowest BCUT2D eigenvalue weighted by Gasteiger charge is -2.22. The minimum Gasteiger partial charge on any atom is -0.489 e. The van der Waals surface area contributed by atoms with Gasteiger partial charge in [-0.3, -0.25) is 4.79 Å². The summed E-state index contributed by atoms with van der Waals surface area (Å²) in [6, 6.07) is 5.21. The SMILES string of the molecule is CC(C)Oc1ccc(NC(=O)COC2CCNCC2)cc1Cl. The van der Waals surface area contributed by atoms with Gasteiger partial charge in [0.15, 0.2) is 0 Å². The summed E-state index contributed by atoms with van der Waals surface area (Å²) in [5, 5.41) is 6.52. The molecule has 0 unspecified atom stereocenters. The summed E-state index contributed by atoms with van der Waals surface area (Å²) in [7, 11) is 0. The zero-order chi connectivity index (χ0) is 15.9. The summed E-state index contributed by atoms with van der Waals surface area (Å²) >= 11 is 6.14. The van der Waals surface area contributed by atoms with Crippen LogP contribution in [0.3, 0.4) is 0 Å². The fourth-order valence-electron chi connectivity index (χ4n) is 2.28. The third-order valence-corrected chi connectivity index (χ3v) is 3.61. The summed E-state index contributed by atoms with van der Waals surface area (Å²) in [4.78, 5) is 11.9. The van der Waals surface area contributed by atoms with Crippen molar-refractivity contribution in [3.8, 4) is 5.75 Å². The van der Waals surface area contributed by atoms with Crippen LogP contribution in [0.4, 0.5) is 5.69 Å². The van der Waals surface area contributed by atoms with E-state index in [9.17, 15) is 4.79 Å². The lowest BCUT2D eigenvalue weighted by Crippen LogP contribution is -2.34. The first kappa shape index (κ1) is 17.1. The number of hydrogen-bond donors (Lipinski definition) is 2. The summed E-state index contributed by atoms with van der Waals surface area (Å²) in [5.74, 6) is 0.438. The zero-order valence-corrected chi connectivity index (χ0v) is 13.8. The molecule has 0 atom stereocenters. The van der Waals surface area contributed by atoms with Gasteiger partial charge in [-0.25, -0.2) is 0 Å². The molecule has 1 saturated heterocycles.